The summed E-state index contributed by atoms with van der Waals surface area (Å²) in [4.78, 5) is 0. The molecule has 1 rings (SSSR count). The van der Waals surface area contributed by atoms with Crippen LogP contribution in [0.4, 0.5) is 0 Å². The fraction of sp³-hybridized carbons (Fsp3) is 0.700. The van der Waals surface area contributed by atoms with Crippen molar-refractivity contribution in [1.82, 2.24) is 5.32 Å². The third-order valence-electron chi connectivity index (χ3n) is 5.16. The van der Waals surface area contributed by atoms with Crippen LogP contribution in [0.2, 0.25) is 0 Å². The van der Waals surface area contributed by atoms with Crippen molar-refractivity contribution in [1.29, 1.82) is 0 Å². The lowest BCUT2D eigenvalue weighted by molar-refractivity contribution is 0.438. The molecule has 0 aromatic heterocycles. The van der Waals surface area contributed by atoms with Gasteiger partial charge in [0.05, 0.1) is 0 Å². The molecule has 0 saturated heterocycles. The topological polar surface area (TPSA) is 12.0 Å². The fourth-order valence-electron chi connectivity index (χ4n) is 3.43. The first kappa shape index (κ1) is 18.2. The highest BCUT2D eigenvalue weighted by Crippen LogP contribution is 2.36. The number of nitrogens with one attached hydrogen (secondary N) is 1. The van der Waals surface area contributed by atoms with Crippen LogP contribution in [0.15, 0.2) is 0 Å². The molecule has 0 aliphatic rings. The third-order valence-corrected chi connectivity index (χ3v) is 5.16. The molecule has 1 aromatic rings. The van der Waals surface area contributed by atoms with E-state index in [0.29, 0.717) is 0 Å². The molecule has 0 bridgehead atoms. The molecule has 0 fully saturated rings. The Kier molecular flexibility index (Phi) is 6.04. The maximum Gasteiger partial charge on any atom is -0.00258 e. The van der Waals surface area contributed by atoms with Gasteiger partial charge in [-0.05, 0) is 98.8 Å². The first-order chi connectivity index (χ1) is 9.59. The minimum atomic E-state index is 0.224. The van der Waals surface area contributed by atoms with Crippen LogP contribution in [0, 0.1) is 40.5 Å². The van der Waals surface area contributed by atoms with Gasteiger partial charge in [0.2, 0.25) is 0 Å². The molecule has 0 saturated carbocycles. The van der Waals surface area contributed by atoms with Crippen molar-refractivity contribution in [2.75, 3.05) is 13.1 Å². The lowest BCUT2D eigenvalue weighted by atomic mass is 9.74. The van der Waals surface area contributed by atoms with E-state index in [1.54, 1.807) is 5.56 Å². The smallest absolute Gasteiger partial charge is 0.00258 e. The van der Waals surface area contributed by atoms with Gasteiger partial charge in [0.15, 0.2) is 0 Å². The van der Waals surface area contributed by atoms with Crippen molar-refractivity contribution in [3.8, 4) is 0 Å². The van der Waals surface area contributed by atoms with Crippen molar-refractivity contribution in [2.45, 2.75) is 74.1 Å². The third kappa shape index (κ3) is 4.10. The molecule has 0 aliphatic carbocycles. The second-order valence-electron chi connectivity index (χ2n) is 7.73. The first-order valence-corrected chi connectivity index (χ1v) is 8.37. The number of hydrogen-bond donors (Lipinski definition) is 1. The van der Waals surface area contributed by atoms with Crippen molar-refractivity contribution in [3.63, 3.8) is 0 Å². The summed E-state index contributed by atoms with van der Waals surface area (Å²) < 4.78 is 0. The minimum Gasteiger partial charge on any atom is -0.316 e. The number of hydrogen-bond acceptors (Lipinski definition) is 1. The van der Waals surface area contributed by atoms with E-state index >= 15 is 0 Å². The fourth-order valence-corrected chi connectivity index (χ4v) is 3.43. The van der Waals surface area contributed by atoms with E-state index in [0.717, 1.165) is 19.0 Å². The highest BCUT2D eigenvalue weighted by molar-refractivity contribution is 5.52. The normalized spacial score (nSPS) is 12.3. The molecular formula is C20H35N. The molecule has 0 atom stereocenters. The van der Waals surface area contributed by atoms with E-state index in [2.05, 4.69) is 67.6 Å². The monoisotopic (exact) mass is 289 g/mol. The van der Waals surface area contributed by atoms with Crippen molar-refractivity contribution >= 4 is 0 Å². The lowest BCUT2D eigenvalue weighted by Gasteiger charge is -2.32. The van der Waals surface area contributed by atoms with Crippen LogP contribution in [-0.4, -0.2) is 13.1 Å². The van der Waals surface area contributed by atoms with Gasteiger partial charge in [-0.25, -0.2) is 0 Å². The molecular weight excluding hydrogens is 254 g/mol. The quantitative estimate of drug-likeness (QED) is 0.715. The Morgan fingerprint density at radius 1 is 0.810 bits per heavy atom. The van der Waals surface area contributed by atoms with Crippen LogP contribution in [0.3, 0.4) is 0 Å². The Balaban J connectivity index is 3.03. The van der Waals surface area contributed by atoms with E-state index in [9.17, 15) is 0 Å². The first-order valence-electron chi connectivity index (χ1n) is 8.37. The van der Waals surface area contributed by atoms with Crippen LogP contribution in [0.5, 0.6) is 0 Å². The molecule has 1 heteroatoms. The summed E-state index contributed by atoms with van der Waals surface area (Å²) in [5.74, 6) is 0.723. The summed E-state index contributed by atoms with van der Waals surface area (Å²) in [6, 6.07) is 0. The van der Waals surface area contributed by atoms with E-state index < -0.39 is 0 Å². The summed E-state index contributed by atoms with van der Waals surface area (Å²) >= 11 is 0. The molecule has 21 heavy (non-hydrogen) atoms. The summed E-state index contributed by atoms with van der Waals surface area (Å²) in [5.41, 5.74) is 9.17. The number of rotatable bonds is 6. The maximum absolute atomic E-state index is 3.59. The average Bonchev–Trinajstić information content (AvgIpc) is 2.39. The standard InChI is InChI=1S/C20H35N/c1-13(2)12-21-11-10-20(8,9)19-17(6)15(4)14(3)16(5)18(19)7/h13,21H,10-12H2,1-9H3. The van der Waals surface area contributed by atoms with Gasteiger partial charge in [-0.2, -0.15) is 0 Å². The van der Waals surface area contributed by atoms with Crippen LogP contribution < -0.4 is 5.32 Å². The Labute approximate surface area is 132 Å². The van der Waals surface area contributed by atoms with Crippen molar-refractivity contribution in [3.05, 3.63) is 33.4 Å². The van der Waals surface area contributed by atoms with Crippen molar-refractivity contribution < 1.29 is 0 Å². The Morgan fingerprint density at radius 2 is 1.24 bits per heavy atom. The second-order valence-corrected chi connectivity index (χ2v) is 7.73. The Hall–Kier alpha value is -0.820. The zero-order chi connectivity index (χ0) is 16.4. The van der Waals surface area contributed by atoms with Gasteiger partial charge in [-0.15, -0.1) is 0 Å². The molecule has 1 nitrogen and oxygen atoms in total. The molecule has 1 aromatic carbocycles. The predicted octanol–water partition coefficient (Wildman–Crippen LogP) is 5.14. The molecule has 120 valence electrons. The van der Waals surface area contributed by atoms with E-state index in [1.165, 1.54) is 34.2 Å². The van der Waals surface area contributed by atoms with Crippen LogP contribution in [0.25, 0.3) is 0 Å². The van der Waals surface area contributed by atoms with E-state index in [4.69, 9.17) is 0 Å². The predicted molar refractivity (Wildman–Crippen MR) is 95.5 cm³/mol. The van der Waals surface area contributed by atoms with E-state index in [-0.39, 0.29) is 5.41 Å². The van der Waals surface area contributed by atoms with Gasteiger partial charge in [0.25, 0.3) is 0 Å². The Bertz CT molecular complexity index is 466. The van der Waals surface area contributed by atoms with E-state index in [1.807, 2.05) is 0 Å². The average molecular weight is 290 g/mol. The minimum absolute atomic E-state index is 0.224. The largest absolute Gasteiger partial charge is 0.316 e. The zero-order valence-corrected chi connectivity index (χ0v) is 15.7. The highest BCUT2D eigenvalue weighted by Gasteiger charge is 2.26. The maximum atomic E-state index is 3.59. The summed E-state index contributed by atoms with van der Waals surface area (Å²) in [7, 11) is 0. The van der Waals surface area contributed by atoms with Crippen LogP contribution >= 0.6 is 0 Å². The van der Waals surface area contributed by atoms with Gasteiger partial charge in [0, 0.05) is 0 Å². The molecule has 0 unspecified atom stereocenters. The van der Waals surface area contributed by atoms with Gasteiger partial charge in [0.1, 0.15) is 0 Å². The summed E-state index contributed by atoms with van der Waals surface area (Å²) in [6.45, 7) is 22.9. The van der Waals surface area contributed by atoms with Crippen molar-refractivity contribution in [2.24, 2.45) is 5.92 Å². The van der Waals surface area contributed by atoms with Gasteiger partial charge in [-0.1, -0.05) is 27.7 Å². The van der Waals surface area contributed by atoms with Gasteiger partial charge >= 0.3 is 0 Å². The summed E-state index contributed by atoms with van der Waals surface area (Å²) in [5, 5.41) is 3.59. The molecule has 0 spiro atoms. The molecule has 0 heterocycles. The SMILES string of the molecule is Cc1c(C)c(C)c(C(C)(C)CCNCC(C)C)c(C)c1C. The van der Waals surface area contributed by atoms with Gasteiger partial charge in [-0.3, -0.25) is 0 Å². The molecule has 0 radical (unpaired) electrons. The number of benzene rings is 1. The molecule has 1 N–H and O–H groups in total. The zero-order valence-electron chi connectivity index (χ0n) is 15.7. The van der Waals surface area contributed by atoms with Crippen LogP contribution in [0.1, 0.15) is 67.5 Å². The molecule has 0 amide bonds. The second kappa shape index (κ2) is 6.96. The molecule has 0 aliphatic heterocycles. The Morgan fingerprint density at radius 3 is 1.67 bits per heavy atom. The lowest BCUT2D eigenvalue weighted by Crippen LogP contribution is -2.29. The van der Waals surface area contributed by atoms with Gasteiger partial charge < -0.3 is 5.32 Å². The van der Waals surface area contributed by atoms with Crippen LogP contribution in [-0.2, 0) is 5.41 Å². The highest BCUT2D eigenvalue weighted by atomic mass is 14.9. The summed E-state index contributed by atoms with van der Waals surface area (Å²) in [6.07, 6.45) is 1.18.